The third-order valence-corrected chi connectivity index (χ3v) is 2.79. The van der Waals surface area contributed by atoms with Crippen LogP contribution < -0.4 is 5.32 Å². The minimum atomic E-state index is -1.51. The molecule has 18 heavy (non-hydrogen) atoms. The second-order valence-electron chi connectivity index (χ2n) is 4.53. The maximum atomic E-state index is 11.3. The van der Waals surface area contributed by atoms with Crippen molar-refractivity contribution in [1.29, 1.82) is 0 Å². The van der Waals surface area contributed by atoms with Crippen LogP contribution in [0.25, 0.3) is 0 Å². The Bertz CT molecular complexity index is 243. The molecular weight excluding hydrogens is 234 g/mol. The van der Waals surface area contributed by atoms with Crippen molar-refractivity contribution in [2.24, 2.45) is 0 Å². The fourth-order valence-corrected chi connectivity index (χ4v) is 1.63. The van der Waals surface area contributed by atoms with Gasteiger partial charge in [-0.05, 0) is 6.42 Å². The van der Waals surface area contributed by atoms with Gasteiger partial charge in [0.2, 0.25) is 5.91 Å². The van der Waals surface area contributed by atoms with Gasteiger partial charge in [-0.25, -0.2) is 4.79 Å². The molecule has 0 aliphatic carbocycles. The van der Waals surface area contributed by atoms with E-state index in [4.69, 9.17) is 10.2 Å². The summed E-state index contributed by atoms with van der Waals surface area (Å²) in [6.45, 7) is 1.96. The Morgan fingerprint density at radius 1 is 1.06 bits per heavy atom. The summed E-state index contributed by atoms with van der Waals surface area (Å²) in [6, 6.07) is 0. The number of nitrogens with one attached hydrogen (secondary N) is 1. The van der Waals surface area contributed by atoms with E-state index in [2.05, 4.69) is 12.2 Å². The fourth-order valence-electron chi connectivity index (χ4n) is 1.63. The van der Waals surface area contributed by atoms with Crippen LogP contribution in [0.15, 0.2) is 0 Å². The summed E-state index contributed by atoms with van der Waals surface area (Å²) in [5.74, 6) is -1.50. The van der Waals surface area contributed by atoms with E-state index in [0.717, 1.165) is 19.3 Å². The minimum absolute atomic E-state index is 0.191. The predicted molar refractivity (Wildman–Crippen MR) is 69.3 cm³/mol. The quantitative estimate of drug-likeness (QED) is 0.493. The molecule has 0 aliphatic rings. The van der Waals surface area contributed by atoms with Crippen LogP contribution in [-0.2, 0) is 9.59 Å². The Morgan fingerprint density at radius 3 is 2.17 bits per heavy atom. The summed E-state index contributed by atoms with van der Waals surface area (Å²) < 4.78 is 0. The van der Waals surface area contributed by atoms with Gasteiger partial charge in [0.1, 0.15) is 0 Å². The van der Waals surface area contributed by atoms with Gasteiger partial charge in [0.25, 0.3) is 0 Å². The monoisotopic (exact) mass is 259 g/mol. The average molecular weight is 259 g/mol. The van der Waals surface area contributed by atoms with Crippen LogP contribution in [0.4, 0.5) is 0 Å². The van der Waals surface area contributed by atoms with Crippen LogP contribution >= 0.6 is 0 Å². The van der Waals surface area contributed by atoms with Crippen LogP contribution in [0.1, 0.15) is 58.3 Å². The van der Waals surface area contributed by atoms with Gasteiger partial charge >= 0.3 is 5.97 Å². The minimum Gasteiger partial charge on any atom is -0.479 e. The maximum Gasteiger partial charge on any atom is 0.334 e. The lowest BCUT2D eigenvalue weighted by Gasteiger charge is -2.07. The molecule has 1 amide bonds. The highest BCUT2D eigenvalue weighted by Crippen LogP contribution is 2.08. The number of hydrogen-bond donors (Lipinski definition) is 3. The number of aliphatic hydroxyl groups excluding tert-OH is 1. The molecule has 0 saturated heterocycles. The van der Waals surface area contributed by atoms with E-state index in [9.17, 15) is 9.59 Å². The number of aliphatic hydroxyl groups is 1. The number of unbranched alkanes of at least 4 members (excludes halogenated alkanes) is 6. The van der Waals surface area contributed by atoms with Crippen LogP contribution in [0.5, 0.6) is 0 Å². The summed E-state index contributed by atoms with van der Waals surface area (Å²) >= 11 is 0. The number of carboxylic acids is 1. The first-order chi connectivity index (χ1) is 8.57. The van der Waals surface area contributed by atoms with E-state index in [-0.39, 0.29) is 12.5 Å². The lowest BCUT2D eigenvalue weighted by atomic mass is 10.1. The van der Waals surface area contributed by atoms with E-state index in [1.54, 1.807) is 0 Å². The zero-order chi connectivity index (χ0) is 13.8. The van der Waals surface area contributed by atoms with Crippen molar-refractivity contribution in [3.05, 3.63) is 0 Å². The first kappa shape index (κ1) is 16.9. The number of amides is 1. The van der Waals surface area contributed by atoms with E-state index in [1.807, 2.05) is 0 Å². The molecule has 0 heterocycles. The summed E-state index contributed by atoms with van der Waals surface area (Å²) in [6.07, 6.45) is 6.86. The molecule has 0 rings (SSSR count). The van der Waals surface area contributed by atoms with Gasteiger partial charge in [0.15, 0.2) is 6.10 Å². The van der Waals surface area contributed by atoms with Crippen molar-refractivity contribution in [2.45, 2.75) is 64.4 Å². The molecule has 1 unspecified atom stereocenters. The predicted octanol–water partition coefficient (Wildman–Crippen LogP) is 1.69. The third kappa shape index (κ3) is 10.1. The Balaban J connectivity index is 3.35. The molecule has 0 radical (unpaired) electrons. The highest BCUT2D eigenvalue weighted by atomic mass is 16.4. The van der Waals surface area contributed by atoms with Gasteiger partial charge < -0.3 is 15.5 Å². The van der Waals surface area contributed by atoms with Crippen LogP contribution in [0.2, 0.25) is 0 Å². The standard InChI is InChI=1S/C13H25NO4/c1-2-3-4-5-6-7-8-9-12(16)14-10-11(15)13(17)18/h11,15H,2-10H2,1H3,(H,14,16)(H,17,18). The van der Waals surface area contributed by atoms with Crippen LogP contribution in [-0.4, -0.2) is 34.7 Å². The van der Waals surface area contributed by atoms with Crippen molar-refractivity contribution in [1.82, 2.24) is 5.32 Å². The highest BCUT2D eigenvalue weighted by molar-refractivity contribution is 5.77. The normalized spacial score (nSPS) is 12.1. The molecule has 5 heteroatoms. The van der Waals surface area contributed by atoms with E-state index in [1.165, 1.54) is 25.7 Å². The maximum absolute atomic E-state index is 11.3. The number of hydrogen-bond acceptors (Lipinski definition) is 3. The van der Waals surface area contributed by atoms with Gasteiger partial charge in [0, 0.05) is 6.42 Å². The van der Waals surface area contributed by atoms with E-state index in [0.29, 0.717) is 6.42 Å². The number of carboxylic acid groups (broad SMARTS) is 1. The largest absolute Gasteiger partial charge is 0.479 e. The molecule has 0 bridgehead atoms. The van der Waals surface area contributed by atoms with Gasteiger partial charge in [0.05, 0.1) is 6.54 Å². The average Bonchev–Trinajstić information content (AvgIpc) is 2.34. The van der Waals surface area contributed by atoms with Crippen molar-refractivity contribution in [3.63, 3.8) is 0 Å². The number of rotatable bonds is 11. The molecule has 3 N–H and O–H groups in total. The summed E-state index contributed by atoms with van der Waals surface area (Å²) in [5, 5.41) is 19.8. The summed E-state index contributed by atoms with van der Waals surface area (Å²) in [7, 11) is 0. The number of carbonyl (C=O) groups excluding carboxylic acids is 1. The Hall–Kier alpha value is -1.10. The number of carbonyl (C=O) groups is 2. The molecule has 1 atom stereocenters. The van der Waals surface area contributed by atoms with Gasteiger partial charge in [-0.1, -0.05) is 45.4 Å². The highest BCUT2D eigenvalue weighted by Gasteiger charge is 2.13. The molecular formula is C13H25NO4. The molecule has 0 spiro atoms. The lowest BCUT2D eigenvalue weighted by molar-refractivity contribution is -0.146. The molecule has 0 aliphatic heterocycles. The van der Waals surface area contributed by atoms with Crippen molar-refractivity contribution in [3.8, 4) is 0 Å². The summed E-state index contributed by atoms with van der Waals surface area (Å²) in [4.78, 5) is 21.6. The lowest BCUT2D eigenvalue weighted by Crippen LogP contribution is -2.36. The molecule has 0 aromatic rings. The van der Waals surface area contributed by atoms with Gasteiger partial charge in [-0.3, -0.25) is 4.79 Å². The Kier molecular flexibility index (Phi) is 10.3. The summed E-state index contributed by atoms with van der Waals surface area (Å²) in [5.41, 5.74) is 0. The van der Waals surface area contributed by atoms with Crippen molar-refractivity contribution < 1.29 is 19.8 Å². The third-order valence-electron chi connectivity index (χ3n) is 2.79. The zero-order valence-corrected chi connectivity index (χ0v) is 11.2. The first-order valence-electron chi connectivity index (χ1n) is 6.75. The zero-order valence-electron chi connectivity index (χ0n) is 11.2. The first-order valence-corrected chi connectivity index (χ1v) is 6.75. The molecule has 5 nitrogen and oxygen atoms in total. The fraction of sp³-hybridized carbons (Fsp3) is 0.846. The van der Waals surface area contributed by atoms with Gasteiger partial charge in [-0.15, -0.1) is 0 Å². The van der Waals surface area contributed by atoms with Crippen LogP contribution in [0.3, 0.4) is 0 Å². The van der Waals surface area contributed by atoms with Crippen molar-refractivity contribution >= 4 is 11.9 Å². The van der Waals surface area contributed by atoms with E-state index < -0.39 is 12.1 Å². The molecule has 0 aromatic heterocycles. The smallest absolute Gasteiger partial charge is 0.334 e. The second-order valence-corrected chi connectivity index (χ2v) is 4.53. The topological polar surface area (TPSA) is 86.6 Å². The number of aliphatic carboxylic acids is 1. The van der Waals surface area contributed by atoms with E-state index >= 15 is 0 Å². The van der Waals surface area contributed by atoms with Crippen LogP contribution in [0, 0.1) is 0 Å². The van der Waals surface area contributed by atoms with Crippen molar-refractivity contribution in [2.75, 3.05) is 6.54 Å². The Labute approximate surface area is 109 Å². The van der Waals surface area contributed by atoms with Gasteiger partial charge in [-0.2, -0.15) is 0 Å². The SMILES string of the molecule is CCCCCCCCCC(=O)NCC(O)C(=O)O. The Morgan fingerprint density at radius 2 is 1.61 bits per heavy atom. The molecule has 0 saturated carbocycles. The second kappa shape index (κ2) is 11.0. The molecule has 0 aromatic carbocycles. The molecule has 0 fully saturated rings. The molecule has 106 valence electrons.